The van der Waals surface area contributed by atoms with E-state index in [9.17, 15) is 26.2 Å². The zero-order valence-corrected chi connectivity index (χ0v) is 15.1. The summed E-state index contributed by atoms with van der Waals surface area (Å²) in [6.45, 7) is 1.61. The summed E-state index contributed by atoms with van der Waals surface area (Å²) < 4.78 is 63.8. The van der Waals surface area contributed by atoms with Gasteiger partial charge in [-0.25, -0.2) is 0 Å². The van der Waals surface area contributed by atoms with E-state index in [2.05, 4.69) is 0 Å². The normalized spacial score (nSPS) is 20.0. The van der Waals surface area contributed by atoms with Crippen molar-refractivity contribution in [2.45, 2.75) is 6.92 Å². The van der Waals surface area contributed by atoms with Gasteiger partial charge in [0.1, 0.15) is 10.7 Å². The summed E-state index contributed by atoms with van der Waals surface area (Å²) in [6, 6.07) is 6.25. The SMILES string of the molecule is Cc1ccccc1OS(=O)(=O)C1=C(S(=O)(=O)O)C(=O)C=C2C=CC=CC21. The van der Waals surface area contributed by atoms with E-state index in [-0.39, 0.29) is 11.3 Å². The van der Waals surface area contributed by atoms with Crippen molar-refractivity contribution in [3.05, 3.63) is 75.6 Å². The molecule has 2 aliphatic carbocycles. The lowest BCUT2D eigenvalue weighted by Gasteiger charge is -2.25. The van der Waals surface area contributed by atoms with Crippen LogP contribution in [0, 0.1) is 12.8 Å². The number of para-hydroxylation sites is 1. The molecule has 26 heavy (non-hydrogen) atoms. The summed E-state index contributed by atoms with van der Waals surface area (Å²) >= 11 is 0. The van der Waals surface area contributed by atoms with E-state index in [1.54, 1.807) is 31.2 Å². The van der Waals surface area contributed by atoms with Crippen LogP contribution < -0.4 is 4.18 Å². The Morgan fingerprint density at radius 3 is 2.42 bits per heavy atom. The molecule has 1 atom stereocenters. The molecule has 1 aromatic rings. The first-order chi connectivity index (χ1) is 12.1. The summed E-state index contributed by atoms with van der Waals surface area (Å²) in [7, 11) is -9.79. The number of rotatable bonds is 4. The van der Waals surface area contributed by atoms with Crippen LogP contribution in [0.4, 0.5) is 0 Å². The van der Waals surface area contributed by atoms with E-state index in [4.69, 9.17) is 4.18 Å². The van der Waals surface area contributed by atoms with Gasteiger partial charge in [-0.05, 0) is 30.2 Å². The molecule has 0 aromatic heterocycles. The van der Waals surface area contributed by atoms with Crippen molar-refractivity contribution in [1.29, 1.82) is 0 Å². The number of carbonyl (C=O) groups excluding carboxylic acids is 1. The van der Waals surface area contributed by atoms with Crippen LogP contribution in [-0.4, -0.2) is 27.2 Å². The van der Waals surface area contributed by atoms with Crippen molar-refractivity contribution in [3.63, 3.8) is 0 Å². The first-order valence-corrected chi connectivity index (χ1v) is 10.3. The first-order valence-electron chi connectivity index (χ1n) is 7.44. The van der Waals surface area contributed by atoms with E-state index in [0.717, 1.165) is 6.08 Å². The van der Waals surface area contributed by atoms with Crippen molar-refractivity contribution in [3.8, 4) is 5.75 Å². The fourth-order valence-corrected chi connectivity index (χ4v) is 5.43. The molecule has 9 heteroatoms. The third-order valence-electron chi connectivity index (χ3n) is 3.91. The first kappa shape index (κ1) is 18.3. The van der Waals surface area contributed by atoms with Gasteiger partial charge in [-0.15, -0.1) is 0 Å². The van der Waals surface area contributed by atoms with Crippen LogP contribution in [0.3, 0.4) is 0 Å². The molecule has 0 bridgehead atoms. The van der Waals surface area contributed by atoms with Crippen LogP contribution >= 0.6 is 0 Å². The monoisotopic (exact) mass is 394 g/mol. The highest BCUT2D eigenvalue weighted by Gasteiger charge is 2.42. The van der Waals surface area contributed by atoms with E-state index in [1.807, 2.05) is 0 Å². The van der Waals surface area contributed by atoms with Crippen LogP contribution in [0.2, 0.25) is 0 Å². The molecule has 1 unspecified atom stereocenters. The van der Waals surface area contributed by atoms with E-state index >= 15 is 0 Å². The molecule has 0 saturated heterocycles. The van der Waals surface area contributed by atoms with Gasteiger partial charge in [0.05, 0.1) is 0 Å². The van der Waals surface area contributed by atoms with Crippen LogP contribution in [0.5, 0.6) is 5.75 Å². The molecule has 0 spiro atoms. The van der Waals surface area contributed by atoms with Gasteiger partial charge in [0.15, 0.2) is 4.91 Å². The lowest BCUT2D eigenvalue weighted by atomic mass is 9.89. The molecule has 0 radical (unpaired) electrons. The topological polar surface area (TPSA) is 115 Å². The molecule has 0 aliphatic heterocycles. The number of benzene rings is 1. The molecule has 136 valence electrons. The van der Waals surface area contributed by atoms with Crippen molar-refractivity contribution in [2.75, 3.05) is 0 Å². The largest absolute Gasteiger partial charge is 0.379 e. The minimum absolute atomic E-state index is 0.00595. The fraction of sp³-hybridized carbons (Fsp3) is 0.118. The molecule has 7 nitrogen and oxygen atoms in total. The highest BCUT2D eigenvalue weighted by molar-refractivity contribution is 7.95. The number of allylic oxidation sites excluding steroid dienone is 8. The number of aryl methyl sites for hydroxylation is 1. The quantitative estimate of drug-likeness (QED) is 0.614. The number of hydrogen-bond acceptors (Lipinski definition) is 6. The predicted octanol–water partition coefficient (Wildman–Crippen LogP) is 2.05. The maximum absolute atomic E-state index is 12.9. The number of carbonyl (C=O) groups is 1. The second-order valence-corrected chi connectivity index (χ2v) is 8.57. The summed E-state index contributed by atoms with van der Waals surface area (Å²) in [5.41, 5.74) is 0.791. The van der Waals surface area contributed by atoms with E-state index < -0.39 is 41.7 Å². The summed E-state index contributed by atoms with van der Waals surface area (Å²) in [5.74, 6) is -2.18. The Kier molecular flexibility index (Phi) is 4.47. The average Bonchev–Trinajstić information content (AvgIpc) is 2.54. The molecular weight excluding hydrogens is 380 g/mol. The highest BCUT2D eigenvalue weighted by Crippen LogP contribution is 2.39. The molecule has 3 rings (SSSR count). The molecule has 2 aliphatic rings. The lowest BCUT2D eigenvalue weighted by Crippen LogP contribution is -2.29. The third kappa shape index (κ3) is 3.28. The van der Waals surface area contributed by atoms with Crippen LogP contribution in [-0.2, 0) is 25.0 Å². The fourth-order valence-electron chi connectivity index (χ4n) is 2.75. The van der Waals surface area contributed by atoms with Gasteiger partial charge >= 0.3 is 10.1 Å². The van der Waals surface area contributed by atoms with Gasteiger partial charge in [-0.2, -0.15) is 16.8 Å². The number of hydrogen-bond donors (Lipinski definition) is 1. The van der Waals surface area contributed by atoms with Gasteiger partial charge in [0, 0.05) is 5.92 Å². The van der Waals surface area contributed by atoms with Gasteiger partial charge in [-0.3, -0.25) is 9.35 Å². The third-order valence-corrected chi connectivity index (χ3v) is 6.37. The van der Waals surface area contributed by atoms with Crippen molar-refractivity contribution in [2.24, 2.45) is 5.92 Å². The molecule has 1 N–H and O–H groups in total. The second kappa shape index (κ2) is 6.35. The Hall–Kier alpha value is -2.49. The maximum atomic E-state index is 12.9. The van der Waals surface area contributed by atoms with Crippen molar-refractivity contribution in [1.82, 2.24) is 0 Å². The summed E-state index contributed by atoms with van der Waals surface area (Å²) in [4.78, 5) is 10.2. The van der Waals surface area contributed by atoms with Gasteiger partial charge in [0.25, 0.3) is 10.1 Å². The van der Waals surface area contributed by atoms with E-state index in [0.29, 0.717) is 5.56 Å². The molecule has 0 heterocycles. The molecule has 1 aromatic carbocycles. The zero-order valence-electron chi connectivity index (χ0n) is 13.5. The Labute approximate surface area is 150 Å². The van der Waals surface area contributed by atoms with Gasteiger partial charge < -0.3 is 4.18 Å². The Morgan fingerprint density at radius 2 is 1.77 bits per heavy atom. The average molecular weight is 394 g/mol. The Bertz CT molecular complexity index is 1120. The number of fused-ring (bicyclic) bond motifs is 1. The minimum Gasteiger partial charge on any atom is -0.379 e. The minimum atomic E-state index is -5.09. The molecule has 0 amide bonds. The van der Waals surface area contributed by atoms with Gasteiger partial charge in [-0.1, -0.05) is 42.5 Å². The van der Waals surface area contributed by atoms with Crippen LogP contribution in [0.25, 0.3) is 0 Å². The van der Waals surface area contributed by atoms with E-state index in [1.165, 1.54) is 24.3 Å². The Balaban J connectivity index is 2.22. The zero-order chi connectivity index (χ0) is 19.1. The van der Waals surface area contributed by atoms with Crippen LogP contribution in [0.15, 0.2) is 70.0 Å². The number of ketones is 1. The highest BCUT2D eigenvalue weighted by atomic mass is 32.2. The molecular formula is C17H14O7S2. The summed E-state index contributed by atoms with van der Waals surface area (Å²) in [6.07, 6.45) is 6.99. The second-order valence-electron chi connectivity index (χ2n) is 5.70. The maximum Gasteiger partial charge on any atom is 0.337 e. The van der Waals surface area contributed by atoms with Crippen molar-refractivity contribution < 1.29 is 30.4 Å². The lowest BCUT2D eigenvalue weighted by molar-refractivity contribution is -0.111. The molecule has 0 saturated carbocycles. The summed E-state index contributed by atoms with van der Waals surface area (Å²) in [5, 5.41) is 0. The van der Waals surface area contributed by atoms with Crippen LogP contribution in [0.1, 0.15) is 5.56 Å². The molecule has 0 fully saturated rings. The van der Waals surface area contributed by atoms with Gasteiger partial charge in [0.2, 0.25) is 5.78 Å². The smallest absolute Gasteiger partial charge is 0.337 e. The Morgan fingerprint density at radius 1 is 1.08 bits per heavy atom. The standard InChI is InChI=1S/C17H14O7S2/c1-11-6-2-5-9-15(11)24-26(22,23)16-13-8-4-3-7-12(13)10-14(18)17(16)25(19,20)21/h2-10,13H,1H3,(H,19,20,21). The van der Waals surface area contributed by atoms with Crippen molar-refractivity contribution >= 4 is 26.0 Å². The predicted molar refractivity (Wildman–Crippen MR) is 94.2 cm³/mol.